The van der Waals surface area contributed by atoms with Crippen LogP contribution in [0.2, 0.25) is 0 Å². The van der Waals surface area contributed by atoms with Gasteiger partial charge in [0.2, 0.25) is 0 Å². The van der Waals surface area contributed by atoms with E-state index < -0.39 is 4.92 Å². The largest absolute Gasteiger partial charge is 0.454 e. The molecule has 21 heavy (non-hydrogen) atoms. The average Bonchev–Trinajstić information content (AvgIpc) is 2.42. The summed E-state index contributed by atoms with van der Waals surface area (Å²) in [5, 5.41) is 20.0. The van der Waals surface area contributed by atoms with E-state index in [2.05, 4.69) is 47.8 Å². The van der Waals surface area contributed by atoms with Crippen LogP contribution in [0.1, 0.15) is 5.56 Å². The van der Waals surface area contributed by atoms with E-state index in [0.29, 0.717) is 30.5 Å². The monoisotopic (exact) mass is 474 g/mol. The Bertz CT molecular complexity index is 749. The van der Waals surface area contributed by atoms with Crippen LogP contribution < -0.4 is 4.74 Å². The lowest BCUT2D eigenvalue weighted by atomic mass is 10.2. The molecule has 2 rings (SSSR count). The van der Waals surface area contributed by atoms with Crippen LogP contribution in [0.3, 0.4) is 0 Å². The maximum atomic E-state index is 10.8. The van der Waals surface area contributed by atoms with Crippen molar-refractivity contribution in [2.75, 3.05) is 0 Å². The number of nitro groups is 1. The van der Waals surface area contributed by atoms with Crippen LogP contribution in [-0.4, -0.2) is 4.92 Å². The fraction of sp³-hybridized carbons (Fsp3) is 0. The van der Waals surface area contributed by atoms with Crippen molar-refractivity contribution >= 4 is 53.5 Å². The second-order valence-electron chi connectivity index (χ2n) is 3.82. The molecule has 0 aliphatic carbocycles. The van der Waals surface area contributed by atoms with Gasteiger partial charge in [-0.25, -0.2) is 0 Å². The number of benzene rings is 2. The number of ether oxygens (including phenoxy) is 1. The van der Waals surface area contributed by atoms with E-state index in [1.54, 1.807) is 18.2 Å². The molecule has 0 spiro atoms. The topological polar surface area (TPSA) is 76.2 Å². The molecule has 0 heterocycles. The highest BCUT2D eigenvalue weighted by Gasteiger charge is 2.17. The van der Waals surface area contributed by atoms with Crippen LogP contribution in [0.5, 0.6) is 11.5 Å². The quantitative estimate of drug-likeness (QED) is 0.430. The van der Waals surface area contributed by atoms with Crippen LogP contribution in [0.4, 0.5) is 5.69 Å². The van der Waals surface area contributed by atoms with E-state index in [0.717, 1.165) is 0 Å². The number of non-ortho nitro benzene ring substituents is 1. The third kappa shape index (κ3) is 3.43. The van der Waals surface area contributed by atoms with E-state index in [9.17, 15) is 10.1 Å². The van der Waals surface area contributed by atoms with Gasteiger partial charge in [0.25, 0.3) is 5.69 Å². The summed E-state index contributed by atoms with van der Waals surface area (Å²) in [5.74, 6) is 0.706. The van der Waals surface area contributed by atoms with E-state index in [4.69, 9.17) is 10.00 Å². The molecule has 0 saturated carbocycles. The maximum absolute atomic E-state index is 10.8. The fourth-order valence-corrected chi connectivity index (χ4v) is 3.32. The maximum Gasteiger partial charge on any atom is 0.271 e. The van der Waals surface area contributed by atoms with Crippen LogP contribution in [-0.2, 0) is 0 Å². The van der Waals surface area contributed by atoms with Crippen molar-refractivity contribution in [2.24, 2.45) is 0 Å². The lowest BCUT2D eigenvalue weighted by Gasteiger charge is -2.11. The fourth-order valence-electron chi connectivity index (χ4n) is 1.56. The van der Waals surface area contributed by atoms with Crippen molar-refractivity contribution in [2.45, 2.75) is 0 Å². The number of hydrogen-bond donors (Lipinski definition) is 0. The second kappa shape index (κ2) is 6.56. The SMILES string of the molecule is N#Cc1c(Br)cccc1Oc1c(Br)cc([N+](=O)[O-])cc1Br. The predicted octanol–water partition coefficient (Wildman–Crippen LogP) is 5.55. The smallest absolute Gasteiger partial charge is 0.271 e. The Morgan fingerprint density at radius 2 is 1.76 bits per heavy atom. The minimum Gasteiger partial charge on any atom is -0.454 e. The number of nitrogens with zero attached hydrogens (tertiary/aromatic N) is 2. The van der Waals surface area contributed by atoms with Crippen LogP contribution in [0.25, 0.3) is 0 Å². The summed E-state index contributed by atoms with van der Waals surface area (Å²) in [5.41, 5.74) is 0.269. The molecule has 106 valence electrons. The van der Waals surface area contributed by atoms with E-state index in [-0.39, 0.29) is 5.69 Å². The summed E-state index contributed by atoms with van der Waals surface area (Å²) in [7, 11) is 0. The number of halogens is 3. The average molecular weight is 477 g/mol. The first-order chi connectivity index (χ1) is 9.93. The molecule has 0 unspecified atom stereocenters. The van der Waals surface area contributed by atoms with Crippen LogP contribution >= 0.6 is 47.8 Å². The summed E-state index contributed by atoms with van der Waals surface area (Å²) in [6, 6.07) is 9.82. The molecule has 5 nitrogen and oxygen atoms in total. The molecule has 2 aromatic rings. The molecule has 0 atom stereocenters. The third-order valence-corrected chi connectivity index (χ3v) is 4.33. The van der Waals surface area contributed by atoms with Gasteiger partial charge in [-0.05, 0) is 59.9 Å². The summed E-state index contributed by atoms with van der Waals surface area (Å²) in [6.07, 6.45) is 0. The van der Waals surface area contributed by atoms with Crippen molar-refractivity contribution in [1.82, 2.24) is 0 Å². The van der Waals surface area contributed by atoms with Gasteiger partial charge in [-0.1, -0.05) is 6.07 Å². The number of hydrogen-bond acceptors (Lipinski definition) is 4. The Morgan fingerprint density at radius 1 is 1.14 bits per heavy atom. The molecule has 0 aromatic heterocycles. The minimum absolute atomic E-state index is 0.0733. The number of rotatable bonds is 3. The van der Waals surface area contributed by atoms with Crippen LogP contribution in [0.15, 0.2) is 43.7 Å². The molecule has 0 N–H and O–H groups in total. The van der Waals surface area contributed by atoms with E-state index in [1.165, 1.54) is 12.1 Å². The van der Waals surface area contributed by atoms with Gasteiger partial charge < -0.3 is 4.74 Å². The lowest BCUT2D eigenvalue weighted by Crippen LogP contribution is -1.94. The van der Waals surface area contributed by atoms with Gasteiger partial charge >= 0.3 is 0 Å². The van der Waals surface area contributed by atoms with Crippen molar-refractivity contribution in [3.8, 4) is 17.6 Å². The highest BCUT2D eigenvalue weighted by molar-refractivity contribution is 9.11. The van der Waals surface area contributed by atoms with Gasteiger partial charge in [-0.3, -0.25) is 10.1 Å². The van der Waals surface area contributed by atoms with Gasteiger partial charge in [0, 0.05) is 16.6 Å². The summed E-state index contributed by atoms with van der Waals surface area (Å²) < 4.78 is 7.14. The molecule has 0 aliphatic rings. The minimum atomic E-state index is -0.501. The molecule has 0 radical (unpaired) electrons. The Kier molecular flexibility index (Phi) is 4.98. The van der Waals surface area contributed by atoms with E-state index >= 15 is 0 Å². The molecule has 8 heteroatoms. The van der Waals surface area contributed by atoms with Gasteiger partial charge in [0.15, 0.2) is 5.75 Å². The predicted molar refractivity (Wildman–Crippen MR) is 87.4 cm³/mol. The molecular formula is C13H5Br3N2O3. The molecular weight excluding hydrogens is 472 g/mol. The van der Waals surface area contributed by atoms with Crippen LogP contribution in [0, 0.1) is 21.4 Å². The molecule has 0 aliphatic heterocycles. The highest BCUT2D eigenvalue weighted by atomic mass is 79.9. The Balaban J connectivity index is 2.49. The van der Waals surface area contributed by atoms with Gasteiger partial charge in [0.05, 0.1) is 13.9 Å². The van der Waals surface area contributed by atoms with Gasteiger partial charge in [0.1, 0.15) is 17.4 Å². The standard InChI is InChI=1S/C13H5Br3N2O3/c14-9-2-1-3-12(8(9)6-17)21-13-10(15)4-7(18(19)20)5-11(13)16/h1-5H. The molecule has 0 amide bonds. The zero-order valence-corrected chi connectivity index (χ0v) is 14.9. The Morgan fingerprint density at radius 3 is 2.29 bits per heavy atom. The molecule has 0 fully saturated rings. The Hall–Kier alpha value is -1.43. The zero-order valence-electron chi connectivity index (χ0n) is 10.1. The zero-order chi connectivity index (χ0) is 15.6. The van der Waals surface area contributed by atoms with Crippen molar-refractivity contribution < 1.29 is 9.66 Å². The molecule has 0 saturated heterocycles. The van der Waals surface area contributed by atoms with Crippen molar-refractivity contribution in [1.29, 1.82) is 5.26 Å². The van der Waals surface area contributed by atoms with Gasteiger partial charge in [-0.15, -0.1) is 0 Å². The first-order valence-corrected chi connectivity index (χ1v) is 7.82. The molecule has 2 aromatic carbocycles. The number of nitriles is 1. The highest BCUT2D eigenvalue weighted by Crippen LogP contribution is 2.41. The van der Waals surface area contributed by atoms with Crippen molar-refractivity contribution in [3.63, 3.8) is 0 Å². The second-order valence-corrected chi connectivity index (χ2v) is 6.39. The molecule has 0 bridgehead atoms. The lowest BCUT2D eigenvalue weighted by molar-refractivity contribution is -0.385. The number of nitro benzene ring substituents is 1. The summed E-state index contributed by atoms with van der Waals surface area (Å²) >= 11 is 9.74. The first-order valence-electron chi connectivity index (χ1n) is 5.44. The summed E-state index contributed by atoms with van der Waals surface area (Å²) in [4.78, 5) is 10.3. The van der Waals surface area contributed by atoms with Crippen molar-refractivity contribution in [3.05, 3.63) is 59.4 Å². The first kappa shape index (κ1) is 15.9. The Labute approximate surface area is 145 Å². The third-order valence-electron chi connectivity index (χ3n) is 2.49. The summed E-state index contributed by atoms with van der Waals surface area (Å²) in [6.45, 7) is 0. The normalized spacial score (nSPS) is 10.0. The van der Waals surface area contributed by atoms with Gasteiger partial charge in [-0.2, -0.15) is 5.26 Å². The van der Waals surface area contributed by atoms with E-state index in [1.807, 2.05) is 6.07 Å².